The van der Waals surface area contributed by atoms with Crippen LogP contribution in [0.1, 0.15) is 41.8 Å². The van der Waals surface area contributed by atoms with Crippen LogP contribution in [0.3, 0.4) is 0 Å². The van der Waals surface area contributed by atoms with Gasteiger partial charge in [0.15, 0.2) is 0 Å². The molecular formula is C16H23N3O2. The molecule has 0 saturated heterocycles. The molecule has 2 heterocycles. The number of aromatic nitrogens is 2. The van der Waals surface area contributed by atoms with Crippen LogP contribution in [0.15, 0.2) is 16.7 Å². The third-order valence-electron chi connectivity index (χ3n) is 3.34. The van der Waals surface area contributed by atoms with E-state index < -0.39 is 0 Å². The number of ether oxygens (including phenoxy) is 1. The molecule has 0 saturated carbocycles. The molecule has 114 valence electrons. The van der Waals surface area contributed by atoms with Crippen molar-refractivity contribution in [3.05, 3.63) is 40.5 Å². The quantitative estimate of drug-likeness (QED) is 0.794. The van der Waals surface area contributed by atoms with Gasteiger partial charge in [0.25, 0.3) is 0 Å². The molecule has 0 atom stereocenters. The predicted octanol–water partition coefficient (Wildman–Crippen LogP) is 3.07. The van der Waals surface area contributed by atoms with Gasteiger partial charge in [-0.25, -0.2) is 0 Å². The number of nitrogens with one attached hydrogen (secondary N) is 1. The van der Waals surface area contributed by atoms with Gasteiger partial charge in [-0.2, -0.15) is 0 Å². The van der Waals surface area contributed by atoms with Crippen molar-refractivity contribution in [3.8, 4) is 5.75 Å². The molecule has 0 amide bonds. The van der Waals surface area contributed by atoms with Gasteiger partial charge < -0.3 is 14.6 Å². The fraction of sp³-hybridized carbons (Fsp3) is 0.500. The molecule has 21 heavy (non-hydrogen) atoms. The van der Waals surface area contributed by atoms with Gasteiger partial charge in [-0.3, -0.25) is 4.98 Å². The Morgan fingerprint density at radius 1 is 1.24 bits per heavy atom. The minimum atomic E-state index is 0.451. The molecule has 0 bridgehead atoms. The molecule has 0 aromatic carbocycles. The van der Waals surface area contributed by atoms with Gasteiger partial charge >= 0.3 is 0 Å². The summed E-state index contributed by atoms with van der Waals surface area (Å²) in [6, 6.07) is 3.94. The number of hydrogen-bond donors (Lipinski definition) is 1. The summed E-state index contributed by atoms with van der Waals surface area (Å²) in [5.41, 5.74) is 3.81. The third kappa shape index (κ3) is 4.04. The Bertz CT molecular complexity index is 574. The van der Waals surface area contributed by atoms with E-state index in [4.69, 9.17) is 9.26 Å². The van der Waals surface area contributed by atoms with Crippen molar-refractivity contribution < 1.29 is 9.26 Å². The van der Waals surface area contributed by atoms with Crippen LogP contribution in [0.25, 0.3) is 0 Å². The molecule has 0 fully saturated rings. The highest BCUT2D eigenvalue weighted by Crippen LogP contribution is 2.20. The lowest BCUT2D eigenvalue weighted by Crippen LogP contribution is -2.16. The molecule has 0 unspecified atom stereocenters. The second-order valence-corrected chi connectivity index (χ2v) is 5.17. The molecule has 5 nitrogen and oxygen atoms in total. The molecule has 0 spiro atoms. The van der Waals surface area contributed by atoms with Crippen molar-refractivity contribution in [3.63, 3.8) is 0 Å². The lowest BCUT2D eigenvalue weighted by molar-refractivity contribution is 0.296. The zero-order valence-corrected chi connectivity index (χ0v) is 13.2. The first-order valence-corrected chi connectivity index (χ1v) is 7.33. The maximum absolute atomic E-state index is 5.93. The minimum Gasteiger partial charge on any atom is -0.487 e. The van der Waals surface area contributed by atoms with Crippen LogP contribution in [0, 0.1) is 20.8 Å². The molecule has 0 aliphatic rings. The second kappa shape index (κ2) is 7.22. The zero-order chi connectivity index (χ0) is 15.2. The summed E-state index contributed by atoms with van der Waals surface area (Å²) < 4.78 is 11.1. The normalized spacial score (nSPS) is 10.9. The van der Waals surface area contributed by atoms with E-state index in [0.29, 0.717) is 13.2 Å². The third-order valence-corrected chi connectivity index (χ3v) is 3.34. The van der Waals surface area contributed by atoms with Crippen LogP contribution in [-0.2, 0) is 13.2 Å². The van der Waals surface area contributed by atoms with E-state index in [2.05, 4.69) is 22.4 Å². The maximum Gasteiger partial charge on any atom is 0.142 e. The lowest BCUT2D eigenvalue weighted by Gasteiger charge is -2.12. The highest BCUT2D eigenvalue weighted by atomic mass is 16.5. The van der Waals surface area contributed by atoms with Gasteiger partial charge in [0.05, 0.1) is 17.0 Å². The fourth-order valence-electron chi connectivity index (χ4n) is 2.10. The highest BCUT2D eigenvalue weighted by Gasteiger charge is 2.12. The molecule has 1 N–H and O–H groups in total. The van der Waals surface area contributed by atoms with Crippen molar-refractivity contribution in [2.45, 2.75) is 47.3 Å². The Morgan fingerprint density at radius 2 is 2.05 bits per heavy atom. The number of pyridine rings is 1. The SMILES string of the molecule is CCCNCc1nc(C)ccc1OCc1c(C)noc1C. The summed E-state index contributed by atoms with van der Waals surface area (Å²) in [7, 11) is 0. The van der Waals surface area contributed by atoms with Crippen molar-refractivity contribution in [1.82, 2.24) is 15.5 Å². The van der Waals surface area contributed by atoms with E-state index >= 15 is 0 Å². The van der Waals surface area contributed by atoms with Gasteiger partial charge in [0.1, 0.15) is 18.1 Å². The van der Waals surface area contributed by atoms with E-state index in [1.54, 1.807) is 0 Å². The average Bonchev–Trinajstić information content (AvgIpc) is 2.78. The molecule has 2 aromatic rings. The largest absolute Gasteiger partial charge is 0.487 e. The summed E-state index contributed by atoms with van der Waals surface area (Å²) >= 11 is 0. The summed E-state index contributed by atoms with van der Waals surface area (Å²) in [4.78, 5) is 4.56. The van der Waals surface area contributed by atoms with E-state index in [9.17, 15) is 0 Å². The number of hydrogen-bond acceptors (Lipinski definition) is 5. The predicted molar refractivity (Wildman–Crippen MR) is 81.3 cm³/mol. The second-order valence-electron chi connectivity index (χ2n) is 5.17. The van der Waals surface area contributed by atoms with Crippen LogP contribution in [0.4, 0.5) is 0 Å². The van der Waals surface area contributed by atoms with E-state index in [1.165, 1.54) is 0 Å². The Hall–Kier alpha value is -1.88. The summed E-state index contributed by atoms with van der Waals surface area (Å²) in [5.74, 6) is 1.61. The molecule has 0 aliphatic heterocycles. The molecule has 0 aliphatic carbocycles. The Labute approximate surface area is 125 Å². The van der Waals surface area contributed by atoms with Crippen LogP contribution < -0.4 is 10.1 Å². The Morgan fingerprint density at radius 3 is 2.71 bits per heavy atom. The first kappa shape index (κ1) is 15.5. The maximum atomic E-state index is 5.93. The zero-order valence-electron chi connectivity index (χ0n) is 13.2. The van der Waals surface area contributed by atoms with E-state index in [1.807, 2.05) is 32.9 Å². The first-order valence-electron chi connectivity index (χ1n) is 7.33. The van der Waals surface area contributed by atoms with Crippen molar-refractivity contribution in [2.75, 3.05) is 6.54 Å². The van der Waals surface area contributed by atoms with Gasteiger partial charge in [0, 0.05) is 12.2 Å². The lowest BCUT2D eigenvalue weighted by atomic mass is 10.2. The van der Waals surface area contributed by atoms with Gasteiger partial charge in [-0.1, -0.05) is 12.1 Å². The number of rotatable bonds is 7. The van der Waals surface area contributed by atoms with Crippen molar-refractivity contribution in [2.24, 2.45) is 0 Å². The summed E-state index contributed by atoms with van der Waals surface area (Å²) in [6.45, 7) is 10.1. The standard InChI is InChI=1S/C16H23N3O2/c1-5-8-17-9-15-16(7-6-11(2)18-15)20-10-14-12(3)19-21-13(14)4/h6-7,17H,5,8-10H2,1-4H3. The first-order chi connectivity index (χ1) is 10.1. The topological polar surface area (TPSA) is 60.2 Å². The van der Waals surface area contributed by atoms with Gasteiger partial charge in [-0.05, 0) is 45.9 Å². The smallest absolute Gasteiger partial charge is 0.142 e. The molecule has 2 rings (SSSR count). The fourth-order valence-corrected chi connectivity index (χ4v) is 2.10. The van der Waals surface area contributed by atoms with Crippen molar-refractivity contribution >= 4 is 0 Å². The molecular weight excluding hydrogens is 266 g/mol. The highest BCUT2D eigenvalue weighted by molar-refractivity contribution is 5.30. The van der Waals surface area contributed by atoms with Crippen LogP contribution in [0.2, 0.25) is 0 Å². The van der Waals surface area contributed by atoms with Gasteiger partial charge in [-0.15, -0.1) is 0 Å². The van der Waals surface area contributed by atoms with Crippen LogP contribution >= 0.6 is 0 Å². The Balaban J connectivity index is 2.08. The Kier molecular flexibility index (Phi) is 5.33. The number of nitrogens with zero attached hydrogens (tertiary/aromatic N) is 2. The minimum absolute atomic E-state index is 0.451. The molecule has 0 radical (unpaired) electrons. The average molecular weight is 289 g/mol. The molecule has 2 aromatic heterocycles. The van der Waals surface area contributed by atoms with E-state index in [0.717, 1.165) is 47.1 Å². The molecule has 5 heteroatoms. The number of aryl methyl sites for hydroxylation is 3. The summed E-state index contributed by atoms with van der Waals surface area (Å²) in [5, 5.41) is 7.30. The van der Waals surface area contributed by atoms with E-state index in [-0.39, 0.29) is 0 Å². The van der Waals surface area contributed by atoms with Crippen LogP contribution in [-0.4, -0.2) is 16.7 Å². The monoisotopic (exact) mass is 289 g/mol. The van der Waals surface area contributed by atoms with Gasteiger partial charge in [0.2, 0.25) is 0 Å². The van der Waals surface area contributed by atoms with Crippen LogP contribution in [0.5, 0.6) is 5.75 Å². The summed E-state index contributed by atoms with van der Waals surface area (Å²) in [6.07, 6.45) is 1.10. The van der Waals surface area contributed by atoms with Crippen molar-refractivity contribution in [1.29, 1.82) is 0 Å².